The second-order valence-electron chi connectivity index (χ2n) is 4.84. The lowest BCUT2D eigenvalue weighted by molar-refractivity contribution is 0.619. The van der Waals surface area contributed by atoms with E-state index >= 15 is 0 Å². The first kappa shape index (κ1) is 13.6. The molecule has 106 valence electrons. The summed E-state index contributed by atoms with van der Waals surface area (Å²) in [6.45, 7) is 2.06. The Balaban J connectivity index is 1.98. The highest BCUT2D eigenvalue weighted by molar-refractivity contribution is 7.73. The molecule has 0 saturated heterocycles. The third-order valence-electron chi connectivity index (χ3n) is 3.25. The Labute approximate surface area is 124 Å². The molecule has 2 aromatic carbocycles. The van der Waals surface area contributed by atoms with Gasteiger partial charge in [-0.25, -0.2) is 13.4 Å². The highest BCUT2D eigenvalue weighted by atomic mass is 32.2. The molecule has 1 heterocycles. The van der Waals surface area contributed by atoms with E-state index in [4.69, 9.17) is 0 Å². The van der Waals surface area contributed by atoms with Crippen LogP contribution in [-0.2, 0) is 10.9 Å². The van der Waals surface area contributed by atoms with Crippen LogP contribution in [0.2, 0.25) is 0 Å². The van der Waals surface area contributed by atoms with Crippen molar-refractivity contribution in [3.63, 3.8) is 0 Å². The van der Waals surface area contributed by atoms with Crippen molar-refractivity contribution in [1.82, 2.24) is 4.98 Å². The summed E-state index contributed by atoms with van der Waals surface area (Å²) in [5.41, 5.74) is 4.52. The van der Waals surface area contributed by atoms with Gasteiger partial charge in [-0.2, -0.15) is 0 Å². The smallest absolute Gasteiger partial charge is 0.222 e. The van der Waals surface area contributed by atoms with Gasteiger partial charge in [-0.05, 0) is 37.3 Å². The first-order valence-electron chi connectivity index (χ1n) is 6.51. The molecule has 0 radical (unpaired) electrons. The first-order valence-corrected chi connectivity index (χ1v) is 7.68. The number of hydrogen-bond donors (Lipinski definition) is 2. The molecule has 0 spiro atoms. The molecule has 0 bridgehead atoms. The zero-order valence-corrected chi connectivity index (χ0v) is 12.3. The average Bonchev–Trinajstić information content (AvgIpc) is 2.47. The van der Waals surface area contributed by atoms with E-state index in [0.29, 0.717) is 5.69 Å². The highest BCUT2D eigenvalue weighted by Crippen LogP contribution is 2.23. The molecule has 0 fully saturated rings. The number of aromatic nitrogens is 1. The number of benzene rings is 2. The van der Waals surface area contributed by atoms with Crippen LogP contribution < -0.4 is 4.72 Å². The van der Waals surface area contributed by atoms with Crippen LogP contribution in [0.15, 0.2) is 54.6 Å². The molecule has 0 aliphatic rings. The fraction of sp³-hybridized carbons (Fsp3) is 0.0625. The number of thiol groups is 1. The molecule has 0 unspecified atom stereocenters. The number of fused-ring (bicyclic) bond motifs is 1. The number of anilines is 1. The van der Waals surface area contributed by atoms with Crippen molar-refractivity contribution in [2.75, 3.05) is 4.72 Å². The largest absolute Gasteiger partial charge is 0.286 e. The normalized spacial score (nSPS) is 11.0. The van der Waals surface area contributed by atoms with E-state index in [0.717, 1.165) is 22.2 Å². The Morgan fingerprint density at radius 3 is 2.43 bits per heavy atom. The van der Waals surface area contributed by atoms with Crippen LogP contribution >= 0.6 is 0 Å². The predicted octanol–water partition coefficient (Wildman–Crippen LogP) is 3.15. The molecule has 0 amide bonds. The Morgan fingerprint density at radius 2 is 1.71 bits per heavy atom. The second-order valence-corrected chi connectivity index (χ2v) is 5.58. The number of nitrogens with zero attached hydrogens (tertiary/aromatic N) is 1. The van der Waals surface area contributed by atoms with Gasteiger partial charge in [0.05, 0.1) is 11.2 Å². The number of hydrogen-bond acceptors (Lipinski definition) is 3. The maximum atomic E-state index is 10.6. The zero-order chi connectivity index (χ0) is 14.8. The quantitative estimate of drug-likeness (QED) is 0.730. The minimum atomic E-state index is -2.63. The predicted molar refractivity (Wildman–Crippen MR) is 85.9 cm³/mol. The van der Waals surface area contributed by atoms with E-state index in [9.17, 15) is 8.42 Å². The molecule has 1 aromatic heterocycles. The van der Waals surface area contributed by atoms with Crippen molar-refractivity contribution >= 4 is 27.5 Å². The zero-order valence-electron chi connectivity index (χ0n) is 11.4. The van der Waals surface area contributed by atoms with Gasteiger partial charge in [0, 0.05) is 16.6 Å². The van der Waals surface area contributed by atoms with E-state index in [2.05, 4.69) is 22.7 Å². The van der Waals surface area contributed by atoms with Crippen LogP contribution in [0.1, 0.15) is 5.56 Å². The minimum absolute atomic E-state index is 0.547. The van der Waals surface area contributed by atoms with Crippen molar-refractivity contribution in [2.45, 2.75) is 6.92 Å². The van der Waals surface area contributed by atoms with E-state index in [1.807, 2.05) is 36.4 Å². The Kier molecular flexibility index (Phi) is 3.58. The Bertz CT molecular complexity index is 863. The van der Waals surface area contributed by atoms with Crippen LogP contribution in [-0.4, -0.2) is 13.4 Å². The summed E-state index contributed by atoms with van der Waals surface area (Å²) < 4.78 is 23.6. The summed E-state index contributed by atoms with van der Waals surface area (Å²) >= 11 is 0. The van der Waals surface area contributed by atoms with Gasteiger partial charge in [0.15, 0.2) is 0 Å². The molecule has 0 aliphatic heterocycles. The first-order chi connectivity index (χ1) is 10.1. The van der Waals surface area contributed by atoms with Crippen LogP contribution in [0.25, 0.3) is 22.2 Å². The van der Waals surface area contributed by atoms with Gasteiger partial charge in [-0.1, -0.05) is 29.8 Å². The maximum absolute atomic E-state index is 10.6. The molecular weight excluding hydrogens is 284 g/mol. The topological polar surface area (TPSA) is 59.1 Å². The lowest BCUT2D eigenvalue weighted by Crippen LogP contribution is -1.94. The summed E-state index contributed by atoms with van der Waals surface area (Å²) in [4.78, 5) is 4.64. The summed E-state index contributed by atoms with van der Waals surface area (Å²) in [5, 5.41) is 1.11. The third kappa shape index (κ3) is 3.03. The maximum Gasteiger partial charge on any atom is 0.222 e. The molecule has 1 N–H and O–H groups in total. The van der Waals surface area contributed by atoms with Crippen LogP contribution in [0.3, 0.4) is 0 Å². The lowest BCUT2D eigenvalue weighted by atomic mass is 10.1. The van der Waals surface area contributed by atoms with Crippen LogP contribution in [0.4, 0.5) is 5.69 Å². The number of rotatable bonds is 3. The van der Waals surface area contributed by atoms with E-state index < -0.39 is 10.9 Å². The van der Waals surface area contributed by atoms with Crippen LogP contribution in [0, 0.1) is 6.92 Å². The average molecular weight is 298 g/mol. The van der Waals surface area contributed by atoms with Crippen molar-refractivity contribution in [1.29, 1.82) is 0 Å². The molecule has 5 heteroatoms. The monoisotopic (exact) mass is 298 g/mol. The van der Waals surface area contributed by atoms with Gasteiger partial charge in [-0.15, -0.1) is 0 Å². The van der Waals surface area contributed by atoms with E-state index in [1.165, 1.54) is 5.56 Å². The van der Waals surface area contributed by atoms with Gasteiger partial charge >= 0.3 is 0 Å². The van der Waals surface area contributed by atoms with Crippen molar-refractivity contribution < 1.29 is 8.42 Å². The van der Waals surface area contributed by atoms with Crippen molar-refractivity contribution in [2.24, 2.45) is 0 Å². The molecule has 0 aliphatic carbocycles. The third-order valence-corrected chi connectivity index (χ3v) is 3.69. The van der Waals surface area contributed by atoms with Gasteiger partial charge in [0.25, 0.3) is 0 Å². The van der Waals surface area contributed by atoms with Gasteiger partial charge in [0.1, 0.15) is 0 Å². The standard InChI is InChI=1S/C16H14N2O2S/c1-11-2-8-16-13(10-11)5-9-15(17-16)12-3-6-14(7-4-12)18-21(19)20/h2-10,21H,1H3,(H,18,19,20). The summed E-state index contributed by atoms with van der Waals surface area (Å²) in [6.07, 6.45) is 0. The number of pyridine rings is 1. The highest BCUT2D eigenvalue weighted by Gasteiger charge is 2.02. The summed E-state index contributed by atoms with van der Waals surface area (Å²) in [7, 11) is -2.63. The Morgan fingerprint density at radius 1 is 0.952 bits per heavy atom. The van der Waals surface area contributed by atoms with E-state index in [-0.39, 0.29) is 0 Å². The molecule has 4 nitrogen and oxygen atoms in total. The lowest BCUT2D eigenvalue weighted by Gasteiger charge is -2.05. The number of nitrogens with one attached hydrogen (secondary N) is 1. The van der Waals surface area contributed by atoms with Crippen molar-refractivity contribution in [3.8, 4) is 11.3 Å². The Hall–Kier alpha value is -2.40. The van der Waals surface area contributed by atoms with E-state index in [1.54, 1.807) is 12.1 Å². The molecular formula is C16H14N2O2S. The SMILES string of the molecule is Cc1ccc2nc(-c3ccc(N[SH](=O)=O)cc3)ccc2c1. The summed E-state index contributed by atoms with van der Waals surface area (Å²) in [5.74, 6) is 0. The molecule has 3 aromatic rings. The molecule has 0 saturated carbocycles. The summed E-state index contributed by atoms with van der Waals surface area (Å²) in [6, 6.07) is 17.3. The van der Waals surface area contributed by atoms with Crippen molar-refractivity contribution in [3.05, 3.63) is 60.2 Å². The molecule has 0 atom stereocenters. The second kappa shape index (κ2) is 5.54. The molecule has 21 heavy (non-hydrogen) atoms. The molecule has 3 rings (SSSR count). The van der Waals surface area contributed by atoms with Gasteiger partial charge < -0.3 is 0 Å². The van der Waals surface area contributed by atoms with Gasteiger partial charge in [-0.3, -0.25) is 4.72 Å². The fourth-order valence-corrected chi connectivity index (χ4v) is 2.59. The number of aryl methyl sites for hydroxylation is 1. The fourth-order valence-electron chi connectivity index (χ4n) is 2.23. The minimum Gasteiger partial charge on any atom is -0.286 e. The van der Waals surface area contributed by atoms with Gasteiger partial charge in [0.2, 0.25) is 10.9 Å². The van der Waals surface area contributed by atoms with Crippen LogP contribution in [0.5, 0.6) is 0 Å².